The number of nitrogens with two attached hydrogens (primary N) is 2. The Hall–Kier alpha value is -1.15. The van der Waals surface area contributed by atoms with Crippen LogP contribution in [0.15, 0.2) is 0 Å². The number of hydrogen-bond acceptors (Lipinski definition) is 4. The van der Waals surface area contributed by atoms with Crippen molar-refractivity contribution < 1.29 is 18.0 Å². The minimum atomic E-state index is -3.45. The van der Waals surface area contributed by atoms with Crippen LogP contribution in [0.3, 0.4) is 0 Å². The summed E-state index contributed by atoms with van der Waals surface area (Å²) in [4.78, 5) is 22.0. The average molecular weight is 276 g/mol. The molecule has 1 heterocycles. The standard InChI is InChI=1S/C10H18N3O4S/c1-18(16,17)13-5-4-7(2-3-9(11)14)6-8(13)10(12)15/h2,7-8H,3-6H2,1H3,(H2,11,14)(H2,12,15)/t7-,8-/m1/s1. The van der Waals surface area contributed by atoms with Gasteiger partial charge in [-0.25, -0.2) is 8.42 Å². The molecule has 0 aliphatic carbocycles. The van der Waals surface area contributed by atoms with Crippen LogP contribution in [-0.2, 0) is 19.6 Å². The average Bonchev–Trinajstić information content (AvgIpc) is 2.24. The predicted octanol–water partition coefficient (Wildman–Crippen LogP) is -1.41. The highest BCUT2D eigenvalue weighted by Crippen LogP contribution is 2.27. The smallest absolute Gasteiger partial charge is 0.235 e. The zero-order valence-electron chi connectivity index (χ0n) is 10.2. The summed E-state index contributed by atoms with van der Waals surface area (Å²) in [5.74, 6) is -1.14. The van der Waals surface area contributed by atoms with Gasteiger partial charge in [-0.05, 0) is 25.2 Å². The van der Waals surface area contributed by atoms with Crippen LogP contribution in [0.25, 0.3) is 0 Å². The van der Waals surface area contributed by atoms with E-state index in [4.69, 9.17) is 11.5 Å². The lowest BCUT2D eigenvalue weighted by molar-refractivity contribution is -0.122. The van der Waals surface area contributed by atoms with Crippen molar-refractivity contribution in [2.75, 3.05) is 12.8 Å². The molecule has 1 rings (SSSR count). The first-order chi connectivity index (χ1) is 8.21. The molecule has 18 heavy (non-hydrogen) atoms. The number of sulfonamides is 1. The third-order valence-corrected chi connectivity index (χ3v) is 4.29. The van der Waals surface area contributed by atoms with Gasteiger partial charge in [0.2, 0.25) is 21.8 Å². The van der Waals surface area contributed by atoms with Gasteiger partial charge in [0.1, 0.15) is 6.04 Å². The molecule has 0 saturated carbocycles. The lowest BCUT2D eigenvalue weighted by Crippen LogP contribution is -2.52. The molecule has 1 fully saturated rings. The van der Waals surface area contributed by atoms with Crippen molar-refractivity contribution in [3.8, 4) is 0 Å². The molecule has 8 heteroatoms. The Morgan fingerprint density at radius 3 is 2.44 bits per heavy atom. The first-order valence-electron chi connectivity index (χ1n) is 5.59. The number of carbonyl (C=O) groups is 2. The van der Waals surface area contributed by atoms with Crippen molar-refractivity contribution in [3.63, 3.8) is 0 Å². The fourth-order valence-electron chi connectivity index (χ4n) is 2.12. The molecule has 2 amide bonds. The number of carbonyl (C=O) groups excluding carboxylic acids is 2. The van der Waals surface area contributed by atoms with E-state index in [1.165, 1.54) is 0 Å². The molecule has 1 aliphatic heterocycles. The van der Waals surface area contributed by atoms with E-state index in [0.717, 1.165) is 10.6 Å². The monoisotopic (exact) mass is 276 g/mol. The zero-order valence-corrected chi connectivity index (χ0v) is 11.0. The predicted molar refractivity (Wildman–Crippen MR) is 65.4 cm³/mol. The van der Waals surface area contributed by atoms with Gasteiger partial charge in [-0.3, -0.25) is 9.59 Å². The van der Waals surface area contributed by atoms with E-state index in [9.17, 15) is 18.0 Å². The number of amides is 2. The molecule has 7 nitrogen and oxygen atoms in total. The molecule has 103 valence electrons. The van der Waals surface area contributed by atoms with Gasteiger partial charge in [0.25, 0.3) is 0 Å². The van der Waals surface area contributed by atoms with Crippen molar-refractivity contribution in [1.82, 2.24) is 4.31 Å². The first kappa shape index (κ1) is 14.9. The van der Waals surface area contributed by atoms with Crippen molar-refractivity contribution in [2.24, 2.45) is 17.4 Å². The van der Waals surface area contributed by atoms with Crippen LogP contribution in [0.4, 0.5) is 0 Å². The number of primary amides is 2. The van der Waals surface area contributed by atoms with E-state index in [-0.39, 0.29) is 18.9 Å². The van der Waals surface area contributed by atoms with Gasteiger partial charge >= 0.3 is 0 Å². The Morgan fingerprint density at radius 2 is 2.00 bits per heavy atom. The molecule has 1 aliphatic rings. The second kappa shape index (κ2) is 5.66. The second-order valence-corrected chi connectivity index (χ2v) is 6.42. The van der Waals surface area contributed by atoms with Gasteiger partial charge in [-0.1, -0.05) is 0 Å². The molecule has 0 aromatic carbocycles. The summed E-state index contributed by atoms with van der Waals surface area (Å²) in [6, 6.07) is -0.845. The minimum Gasteiger partial charge on any atom is -0.370 e. The normalized spacial score (nSPS) is 25.8. The van der Waals surface area contributed by atoms with Crippen LogP contribution in [0.1, 0.15) is 19.3 Å². The van der Waals surface area contributed by atoms with Crippen LogP contribution >= 0.6 is 0 Å². The van der Waals surface area contributed by atoms with Crippen molar-refractivity contribution >= 4 is 21.8 Å². The van der Waals surface area contributed by atoms with Crippen LogP contribution in [0.2, 0.25) is 0 Å². The number of nitrogens with zero attached hydrogens (tertiary/aromatic N) is 1. The summed E-state index contributed by atoms with van der Waals surface area (Å²) >= 11 is 0. The summed E-state index contributed by atoms with van der Waals surface area (Å²) in [7, 11) is -3.45. The molecule has 1 radical (unpaired) electrons. The van der Waals surface area contributed by atoms with Crippen LogP contribution < -0.4 is 11.5 Å². The van der Waals surface area contributed by atoms with Gasteiger partial charge in [-0.2, -0.15) is 4.31 Å². The summed E-state index contributed by atoms with van der Waals surface area (Å²) in [6.45, 7) is 0.229. The molecule has 4 N–H and O–H groups in total. The molecule has 0 spiro atoms. The Morgan fingerprint density at radius 1 is 1.39 bits per heavy atom. The Bertz CT molecular complexity index is 434. The van der Waals surface area contributed by atoms with Crippen LogP contribution in [-0.4, -0.2) is 43.4 Å². The fourth-order valence-corrected chi connectivity index (χ4v) is 3.21. The highest BCUT2D eigenvalue weighted by Gasteiger charge is 2.36. The van der Waals surface area contributed by atoms with Crippen LogP contribution in [0, 0.1) is 12.3 Å². The van der Waals surface area contributed by atoms with E-state index in [0.29, 0.717) is 12.8 Å². The van der Waals surface area contributed by atoms with Gasteiger partial charge in [0.05, 0.1) is 6.26 Å². The quantitative estimate of drug-likeness (QED) is 0.640. The lowest BCUT2D eigenvalue weighted by Gasteiger charge is -2.35. The van der Waals surface area contributed by atoms with Crippen molar-refractivity contribution in [2.45, 2.75) is 25.3 Å². The molecular weight excluding hydrogens is 258 g/mol. The van der Waals surface area contributed by atoms with Gasteiger partial charge < -0.3 is 11.5 Å². The molecule has 2 atom stereocenters. The topological polar surface area (TPSA) is 124 Å². The van der Waals surface area contributed by atoms with E-state index in [1.54, 1.807) is 6.42 Å². The Labute approximate surface area is 107 Å². The second-order valence-electron chi connectivity index (χ2n) is 4.48. The molecule has 0 unspecified atom stereocenters. The molecule has 0 aromatic heterocycles. The Balaban J connectivity index is 2.71. The number of rotatable bonds is 5. The van der Waals surface area contributed by atoms with E-state index in [2.05, 4.69) is 0 Å². The molecular formula is C10H18N3O4S. The zero-order chi connectivity index (χ0) is 13.9. The lowest BCUT2D eigenvalue weighted by atomic mass is 9.88. The molecule has 0 bridgehead atoms. The summed E-state index contributed by atoms with van der Waals surface area (Å²) in [6.07, 6.45) is 3.75. The maximum atomic E-state index is 11.5. The van der Waals surface area contributed by atoms with Crippen molar-refractivity contribution in [3.05, 3.63) is 6.42 Å². The summed E-state index contributed by atoms with van der Waals surface area (Å²) < 4.78 is 24.1. The first-order valence-corrected chi connectivity index (χ1v) is 7.44. The van der Waals surface area contributed by atoms with E-state index >= 15 is 0 Å². The minimum absolute atomic E-state index is 0.0204. The maximum absolute atomic E-state index is 11.5. The van der Waals surface area contributed by atoms with Crippen LogP contribution in [0.5, 0.6) is 0 Å². The van der Waals surface area contributed by atoms with Crippen molar-refractivity contribution in [1.29, 1.82) is 0 Å². The third kappa shape index (κ3) is 3.95. The molecule has 1 saturated heterocycles. The van der Waals surface area contributed by atoms with E-state index in [1.807, 2.05) is 0 Å². The van der Waals surface area contributed by atoms with E-state index < -0.39 is 27.9 Å². The Kier molecular flexibility index (Phi) is 4.69. The maximum Gasteiger partial charge on any atom is 0.235 e. The summed E-state index contributed by atoms with van der Waals surface area (Å²) in [5, 5.41) is 0. The molecule has 0 aromatic rings. The number of hydrogen-bond donors (Lipinski definition) is 2. The highest BCUT2D eigenvalue weighted by atomic mass is 32.2. The summed E-state index contributed by atoms with van der Waals surface area (Å²) in [5.41, 5.74) is 10.3. The third-order valence-electron chi connectivity index (χ3n) is 3.00. The largest absolute Gasteiger partial charge is 0.370 e. The highest BCUT2D eigenvalue weighted by molar-refractivity contribution is 7.88. The number of piperidine rings is 1. The fraction of sp³-hybridized carbons (Fsp3) is 0.700. The SMILES string of the molecule is CS(=O)(=O)N1CC[C@@H]([CH]CC(N)=O)C[C@@H]1C(N)=O. The van der Waals surface area contributed by atoms with Gasteiger partial charge in [0.15, 0.2) is 0 Å². The van der Waals surface area contributed by atoms with Gasteiger partial charge in [0, 0.05) is 13.0 Å². The van der Waals surface area contributed by atoms with Gasteiger partial charge in [-0.15, -0.1) is 0 Å².